The number of hydrogen-bond donors (Lipinski definition) is 2. The standard InChI is InChI=1S/C12H18O2.C6H10BrNO3/c13-11(14)7-12-4-8-1-9(5-12)3-10(2-8)6-12;1-4(2)8-11-6(3,7)5(9)10/h8-10H,1-7H2,(H,13,14);1-3H3,(H,9,10). The molecule has 0 aromatic rings. The van der Waals surface area contributed by atoms with Gasteiger partial charge < -0.3 is 15.1 Å². The summed E-state index contributed by atoms with van der Waals surface area (Å²) < 4.78 is -1.43. The fraction of sp³-hybridized carbons (Fsp3) is 0.833. The van der Waals surface area contributed by atoms with E-state index < -0.39 is 16.4 Å². The molecule has 7 heteroatoms. The van der Waals surface area contributed by atoms with Crippen LogP contribution in [0.1, 0.15) is 65.7 Å². The largest absolute Gasteiger partial charge is 0.481 e. The maximum atomic E-state index is 10.9. The number of rotatable bonds is 5. The van der Waals surface area contributed by atoms with Gasteiger partial charge in [-0.3, -0.25) is 4.79 Å². The van der Waals surface area contributed by atoms with Crippen molar-refractivity contribution in [2.45, 2.75) is 70.2 Å². The van der Waals surface area contributed by atoms with Gasteiger partial charge in [0, 0.05) is 0 Å². The van der Waals surface area contributed by atoms with Crippen molar-refractivity contribution in [2.75, 3.05) is 0 Å². The predicted molar refractivity (Wildman–Crippen MR) is 97.7 cm³/mol. The lowest BCUT2D eigenvalue weighted by Gasteiger charge is -2.56. The fourth-order valence-corrected chi connectivity index (χ4v) is 5.12. The van der Waals surface area contributed by atoms with Crippen LogP contribution in [0.5, 0.6) is 0 Å². The topological polar surface area (TPSA) is 96.2 Å². The second-order valence-electron chi connectivity index (χ2n) is 8.34. The van der Waals surface area contributed by atoms with Gasteiger partial charge in [-0.05, 0) is 98.4 Å². The van der Waals surface area contributed by atoms with Crippen molar-refractivity contribution in [3.63, 3.8) is 0 Å². The van der Waals surface area contributed by atoms with Gasteiger partial charge in [-0.2, -0.15) is 0 Å². The minimum atomic E-state index is -1.43. The molecule has 0 radical (unpaired) electrons. The Morgan fingerprint density at radius 1 is 1.12 bits per heavy atom. The minimum absolute atomic E-state index is 0.223. The molecule has 4 aliphatic carbocycles. The SMILES string of the molecule is CC(C)=NOC(C)(Br)C(=O)O.O=C(O)CC12CC3CC(CC(C3)C1)C2. The van der Waals surface area contributed by atoms with Crippen LogP contribution in [0.3, 0.4) is 0 Å². The van der Waals surface area contributed by atoms with E-state index in [9.17, 15) is 9.59 Å². The van der Waals surface area contributed by atoms with Gasteiger partial charge in [-0.1, -0.05) is 5.16 Å². The zero-order valence-electron chi connectivity index (χ0n) is 15.1. The highest BCUT2D eigenvalue weighted by Gasteiger charge is 2.51. The molecule has 0 heterocycles. The van der Waals surface area contributed by atoms with Crippen LogP contribution < -0.4 is 0 Å². The normalized spacial score (nSPS) is 34.3. The van der Waals surface area contributed by atoms with Crippen LogP contribution in [0.15, 0.2) is 5.16 Å². The van der Waals surface area contributed by atoms with E-state index in [2.05, 4.69) is 25.9 Å². The number of nitrogens with zero attached hydrogens (tertiary/aromatic N) is 1. The molecular weight excluding hydrogens is 390 g/mol. The molecule has 6 nitrogen and oxygen atoms in total. The number of carboxylic acid groups (broad SMARTS) is 2. The molecule has 4 bridgehead atoms. The smallest absolute Gasteiger partial charge is 0.362 e. The maximum absolute atomic E-state index is 10.9. The second kappa shape index (κ2) is 7.64. The summed E-state index contributed by atoms with van der Waals surface area (Å²) >= 11 is 2.85. The van der Waals surface area contributed by atoms with E-state index in [-0.39, 0.29) is 5.41 Å². The zero-order valence-corrected chi connectivity index (χ0v) is 16.7. The Labute approximate surface area is 157 Å². The first kappa shape index (κ1) is 20.2. The minimum Gasteiger partial charge on any atom is -0.481 e. The van der Waals surface area contributed by atoms with E-state index in [1.165, 1.54) is 45.4 Å². The molecule has 4 fully saturated rings. The number of alkyl halides is 1. The summed E-state index contributed by atoms with van der Waals surface area (Å²) in [5.74, 6) is 0.941. The van der Waals surface area contributed by atoms with Gasteiger partial charge in [0.25, 0.3) is 4.51 Å². The molecule has 1 atom stereocenters. The lowest BCUT2D eigenvalue weighted by Crippen LogP contribution is -2.46. The maximum Gasteiger partial charge on any atom is 0.362 e. The summed E-state index contributed by atoms with van der Waals surface area (Å²) in [5, 5.41) is 21.0. The quantitative estimate of drug-likeness (QED) is 0.395. The monoisotopic (exact) mass is 417 g/mol. The number of aliphatic carboxylic acids is 2. The molecule has 0 aromatic carbocycles. The Morgan fingerprint density at radius 2 is 1.56 bits per heavy atom. The van der Waals surface area contributed by atoms with Crippen LogP contribution in [0.2, 0.25) is 0 Å². The van der Waals surface area contributed by atoms with Crippen molar-refractivity contribution in [3.8, 4) is 0 Å². The first-order valence-electron chi connectivity index (χ1n) is 8.85. The van der Waals surface area contributed by atoms with Crippen LogP contribution in [0, 0.1) is 23.2 Å². The lowest BCUT2D eigenvalue weighted by atomic mass is 9.49. The predicted octanol–water partition coefficient (Wildman–Crippen LogP) is 4.27. The number of carbonyl (C=O) groups is 2. The molecule has 0 spiro atoms. The molecule has 0 aromatic heterocycles. The number of carboxylic acids is 2. The van der Waals surface area contributed by atoms with Gasteiger partial charge in [-0.25, -0.2) is 4.79 Å². The Kier molecular flexibility index (Phi) is 6.17. The van der Waals surface area contributed by atoms with Crippen molar-refractivity contribution < 1.29 is 24.6 Å². The second-order valence-corrected chi connectivity index (χ2v) is 9.85. The Hall–Kier alpha value is -1.11. The highest BCUT2D eigenvalue weighted by atomic mass is 79.9. The molecule has 4 saturated carbocycles. The summed E-state index contributed by atoms with van der Waals surface area (Å²) in [5.41, 5.74) is 0.887. The molecule has 25 heavy (non-hydrogen) atoms. The molecule has 0 aliphatic heterocycles. The first-order chi connectivity index (χ1) is 11.5. The summed E-state index contributed by atoms with van der Waals surface area (Å²) in [6.45, 7) is 4.79. The van der Waals surface area contributed by atoms with E-state index in [4.69, 9.17) is 10.2 Å². The highest BCUT2D eigenvalue weighted by molar-refractivity contribution is 9.10. The third-order valence-corrected chi connectivity index (χ3v) is 5.96. The highest BCUT2D eigenvalue weighted by Crippen LogP contribution is 2.61. The van der Waals surface area contributed by atoms with Crippen molar-refractivity contribution >= 4 is 33.6 Å². The van der Waals surface area contributed by atoms with Gasteiger partial charge in [0.2, 0.25) is 0 Å². The Balaban J connectivity index is 0.000000188. The third kappa shape index (κ3) is 5.43. The Bertz CT molecular complexity index is 518. The van der Waals surface area contributed by atoms with E-state index in [1.807, 2.05) is 0 Å². The lowest BCUT2D eigenvalue weighted by molar-refractivity contribution is -0.151. The van der Waals surface area contributed by atoms with Crippen LogP contribution in [0.25, 0.3) is 0 Å². The Morgan fingerprint density at radius 3 is 1.88 bits per heavy atom. The van der Waals surface area contributed by atoms with Crippen molar-refractivity contribution in [1.82, 2.24) is 0 Å². The molecule has 4 rings (SSSR count). The van der Waals surface area contributed by atoms with Crippen molar-refractivity contribution in [2.24, 2.45) is 28.3 Å². The molecule has 2 N–H and O–H groups in total. The van der Waals surface area contributed by atoms with Gasteiger partial charge in [0.15, 0.2) is 0 Å². The van der Waals surface area contributed by atoms with Gasteiger partial charge in [0.1, 0.15) is 0 Å². The van der Waals surface area contributed by atoms with E-state index in [0.29, 0.717) is 12.1 Å². The molecule has 142 valence electrons. The number of halogens is 1. The summed E-state index contributed by atoms with van der Waals surface area (Å²) in [7, 11) is 0. The van der Waals surface area contributed by atoms with E-state index in [0.717, 1.165) is 17.8 Å². The molecule has 1 unspecified atom stereocenters. The van der Waals surface area contributed by atoms with Crippen molar-refractivity contribution in [3.05, 3.63) is 0 Å². The van der Waals surface area contributed by atoms with Crippen LogP contribution in [0.4, 0.5) is 0 Å². The summed E-state index contributed by atoms with van der Waals surface area (Å²) in [6, 6.07) is 0. The molecule has 4 aliphatic rings. The molecular formula is C18H28BrNO5. The first-order valence-corrected chi connectivity index (χ1v) is 9.64. The molecule has 0 amide bonds. The number of oxime groups is 1. The van der Waals surface area contributed by atoms with Crippen LogP contribution in [-0.4, -0.2) is 32.4 Å². The van der Waals surface area contributed by atoms with Gasteiger partial charge in [0.05, 0.1) is 12.1 Å². The van der Waals surface area contributed by atoms with Gasteiger partial charge in [-0.15, -0.1) is 0 Å². The summed E-state index contributed by atoms with van der Waals surface area (Å²) in [6.07, 6.45) is 8.29. The average Bonchev–Trinajstić information content (AvgIpc) is 2.42. The molecule has 0 saturated heterocycles. The van der Waals surface area contributed by atoms with Gasteiger partial charge >= 0.3 is 11.9 Å². The fourth-order valence-electron chi connectivity index (χ4n) is 5.04. The average molecular weight is 418 g/mol. The summed E-state index contributed by atoms with van der Waals surface area (Å²) in [4.78, 5) is 25.9. The zero-order chi connectivity index (χ0) is 18.8. The van der Waals surface area contributed by atoms with Crippen LogP contribution in [-0.2, 0) is 14.4 Å². The number of hydrogen-bond acceptors (Lipinski definition) is 4. The third-order valence-electron chi connectivity index (χ3n) is 5.47. The van der Waals surface area contributed by atoms with Crippen LogP contribution >= 0.6 is 15.9 Å². The van der Waals surface area contributed by atoms with E-state index in [1.54, 1.807) is 13.8 Å². The van der Waals surface area contributed by atoms with Crippen molar-refractivity contribution in [1.29, 1.82) is 0 Å². The van der Waals surface area contributed by atoms with E-state index >= 15 is 0 Å².